The Hall–Kier alpha value is -1.96. The summed E-state index contributed by atoms with van der Waals surface area (Å²) in [5.41, 5.74) is 0.258. The van der Waals surface area contributed by atoms with Crippen LogP contribution in [0.1, 0.15) is 12.5 Å². The average Bonchev–Trinajstić information content (AvgIpc) is 2.49. The van der Waals surface area contributed by atoms with E-state index in [2.05, 4.69) is 5.32 Å². The van der Waals surface area contributed by atoms with E-state index < -0.39 is 27.6 Å². The third-order valence-electron chi connectivity index (χ3n) is 3.71. The topological polar surface area (TPSA) is 83.6 Å². The van der Waals surface area contributed by atoms with Crippen LogP contribution in [0.5, 0.6) is 0 Å². The Morgan fingerprint density at radius 3 is 2.48 bits per heavy atom. The van der Waals surface area contributed by atoms with Gasteiger partial charge in [0.25, 0.3) is 0 Å². The fourth-order valence-corrected chi connectivity index (χ4v) is 3.58. The van der Waals surface area contributed by atoms with E-state index in [1.165, 1.54) is 30.0 Å². The average molecular weight is 342 g/mol. The summed E-state index contributed by atoms with van der Waals surface area (Å²) in [6.45, 7) is 1.80. The first kappa shape index (κ1) is 17.4. The lowest BCUT2D eigenvalue weighted by Crippen LogP contribution is -2.51. The third-order valence-corrected chi connectivity index (χ3v) is 5.32. The van der Waals surface area contributed by atoms with Crippen LogP contribution in [0.4, 0.5) is 4.39 Å². The minimum Gasteiger partial charge on any atom is -0.344 e. The van der Waals surface area contributed by atoms with Crippen LogP contribution >= 0.6 is 0 Å². The molecule has 0 radical (unpaired) electrons. The van der Waals surface area contributed by atoms with Crippen LogP contribution in [0.2, 0.25) is 0 Å². The van der Waals surface area contributed by atoms with Gasteiger partial charge in [-0.25, -0.2) is 12.8 Å². The highest BCUT2D eigenvalue weighted by Gasteiger charge is 2.28. The van der Waals surface area contributed by atoms with Gasteiger partial charge in [-0.2, -0.15) is 0 Å². The quantitative estimate of drug-likeness (QED) is 0.843. The second-order valence-electron chi connectivity index (χ2n) is 5.53. The second kappa shape index (κ2) is 7.08. The molecule has 6 nitrogen and oxygen atoms in total. The molecule has 1 aromatic rings. The highest BCUT2D eigenvalue weighted by molar-refractivity contribution is 7.91. The van der Waals surface area contributed by atoms with Crippen molar-refractivity contribution < 1.29 is 22.4 Å². The van der Waals surface area contributed by atoms with Crippen molar-refractivity contribution in [2.45, 2.75) is 19.4 Å². The zero-order chi connectivity index (χ0) is 17.0. The molecule has 1 N–H and O–H groups in total. The van der Waals surface area contributed by atoms with Crippen LogP contribution in [0.25, 0.3) is 0 Å². The number of rotatable bonds is 4. The maximum atomic E-state index is 13.5. The Morgan fingerprint density at radius 2 is 1.87 bits per heavy atom. The fourth-order valence-electron chi connectivity index (χ4n) is 2.38. The number of hydrogen-bond acceptors (Lipinski definition) is 4. The van der Waals surface area contributed by atoms with Crippen LogP contribution in [-0.2, 0) is 25.8 Å². The Balaban J connectivity index is 1.88. The van der Waals surface area contributed by atoms with Gasteiger partial charge in [0.15, 0.2) is 9.84 Å². The van der Waals surface area contributed by atoms with Gasteiger partial charge in [-0.3, -0.25) is 9.59 Å². The van der Waals surface area contributed by atoms with Crippen LogP contribution in [0, 0.1) is 5.82 Å². The van der Waals surface area contributed by atoms with Gasteiger partial charge in [-0.15, -0.1) is 0 Å². The molecular formula is C15H19FN2O4S. The monoisotopic (exact) mass is 342 g/mol. The highest BCUT2D eigenvalue weighted by Crippen LogP contribution is 2.08. The Morgan fingerprint density at radius 1 is 1.26 bits per heavy atom. The second-order valence-corrected chi connectivity index (χ2v) is 7.84. The minimum absolute atomic E-state index is 0.0609. The molecular weight excluding hydrogens is 323 g/mol. The molecule has 0 spiro atoms. The predicted octanol–water partition coefficient (Wildman–Crippen LogP) is 0.130. The lowest BCUT2D eigenvalue weighted by Gasteiger charge is -2.29. The lowest BCUT2D eigenvalue weighted by atomic mass is 10.1. The number of amides is 2. The summed E-state index contributed by atoms with van der Waals surface area (Å²) < 4.78 is 36.2. The van der Waals surface area contributed by atoms with Gasteiger partial charge in [-0.05, 0) is 18.6 Å². The van der Waals surface area contributed by atoms with Crippen LogP contribution < -0.4 is 5.32 Å². The Labute approximate surface area is 134 Å². The zero-order valence-electron chi connectivity index (χ0n) is 12.8. The molecule has 1 heterocycles. The van der Waals surface area contributed by atoms with E-state index in [0.717, 1.165) is 0 Å². The first-order valence-corrected chi connectivity index (χ1v) is 9.12. The van der Waals surface area contributed by atoms with Crippen molar-refractivity contribution in [3.05, 3.63) is 35.6 Å². The van der Waals surface area contributed by atoms with E-state index >= 15 is 0 Å². The van der Waals surface area contributed by atoms with Gasteiger partial charge < -0.3 is 10.2 Å². The van der Waals surface area contributed by atoms with Crippen LogP contribution in [0.15, 0.2) is 24.3 Å². The van der Waals surface area contributed by atoms with Gasteiger partial charge >= 0.3 is 0 Å². The van der Waals surface area contributed by atoms with E-state index in [1.54, 1.807) is 6.07 Å². The minimum atomic E-state index is -3.07. The van der Waals surface area contributed by atoms with Crippen LogP contribution in [0.3, 0.4) is 0 Å². The van der Waals surface area contributed by atoms with Gasteiger partial charge in [-0.1, -0.05) is 18.2 Å². The van der Waals surface area contributed by atoms with Crippen LogP contribution in [-0.4, -0.2) is 55.8 Å². The van der Waals surface area contributed by atoms with E-state index in [4.69, 9.17) is 0 Å². The molecule has 1 aliphatic heterocycles. The number of nitrogens with zero attached hydrogens (tertiary/aromatic N) is 1. The molecule has 1 aliphatic rings. The predicted molar refractivity (Wildman–Crippen MR) is 82.9 cm³/mol. The van der Waals surface area contributed by atoms with Crippen molar-refractivity contribution in [1.82, 2.24) is 10.2 Å². The number of sulfone groups is 1. The van der Waals surface area contributed by atoms with Crippen molar-refractivity contribution in [2.75, 3.05) is 24.6 Å². The molecule has 0 bridgehead atoms. The van der Waals surface area contributed by atoms with E-state index in [0.29, 0.717) is 0 Å². The van der Waals surface area contributed by atoms with Crippen molar-refractivity contribution >= 4 is 21.7 Å². The zero-order valence-corrected chi connectivity index (χ0v) is 13.6. The summed E-state index contributed by atoms with van der Waals surface area (Å²) in [6.07, 6.45) is -0.154. The van der Waals surface area contributed by atoms with E-state index in [9.17, 15) is 22.4 Å². The van der Waals surface area contributed by atoms with Gasteiger partial charge in [0.2, 0.25) is 11.8 Å². The van der Waals surface area contributed by atoms with Crippen molar-refractivity contribution in [1.29, 1.82) is 0 Å². The summed E-state index contributed by atoms with van der Waals surface area (Å²) in [4.78, 5) is 25.6. The van der Waals surface area contributed by atoms with Crippen molar-refractivity contribution in [2.24, 2.45) is 0 Å². The molecule has 2 rings (SSSR count). The first-order chi connectivity index (χ1) is 10.8. The molecule has 1 aromatic carbocycles. The van der Waals surface area contributed by atoms with E-state index in [1.807, 2.05) is 0 Å². The summed E-state index contributed by atoms with van der Waals surface area (Å²) in [5.74, 6) is -1.38. The molecule has 126 valence electrons. The van der Waals surface area contributed by atoms with Gasteiger partial charge in [0.05, 0.1) is 17.9 Å². The first-order valence-electron chi connectivity index (χ1n) is 7.30. The number of nitrogens with one attached hydrogen (secondary N) is 1. The van der Waals surface area contributed by atoms with Gasteiger partial charge in [0, 0.05) is 13.1 Å². The highest BCUT2D eigenvalue weighted by atomic mass is 32.2. The molecule has 1 fully saturated rings. The Bertz CT molecular complexity index is 691. The number of carbonyl (C=O) groups is 2. The number of carbonyl (C=O) groups excluding carboxylic acids is 2. The summed E-state index contributed by atoms with van der Waals surface area (Å²) in [5, 5.41) is 2.53. The third kappa shape index (κ3) is 4.75. The summed E-state index contributed by atoms with van der Waals surface area (Å²) >= 11 is 0. The smallest absolute Gasteiger partial charge is 0.244 e. The maximum Gasteiger partial charge on any atom is 0.244 e. The normalized spacial score (nSPS) is 18.3. The number of benzene rings is 1. The summed E-state index contributed by atoms with van der Waals surface area (Å²) in [6, 6.07) is 5.17. The number of halogens is 1. The lowest BCUT2D eigenvalue weighted by molar-refractivity contribution is -0.135. The van der Waals surface area contributed by atoms with Crippen molar-refractivity contribution in [3.63, 3.8) is 0 Å². The Kier molecular flexibility index (Phi) is 5.35. The largest absolute Gasteiger partial charge is 0.344 e. The van der Waals surface area contributed by atoms with Crippen molar-refractivity contribution in [3.8, 4) is 0 Å². The molecule has 0 saturated carbocycles. The molecule has 0 aromatic heterocycles. The SMILES string of the molecule is CC(NC(=O)Cc1ccccc1F)C(=O)N1CCS(=O)(=O)CC1. The molecule has 1 unspecified atom stereocenters. The molecule has 1 atom stereocenters. The molecule has 8 heteroatoms. The number of hydrogen-bond donors (Lipinski definition) is 1. The molecule has 0 aliphatic carbocycles. The van der Waals surface area contributed by atoms with E-state index in [-0.39, 0.29) is 42.5 Å². The molecule has 2 amide bonds. The fraction of sp³-hybridized carbons (Fsp3) is 0.467. The standard InChI is InChI=1S/C15H19FN2O4S/c1-11(15(20)18-6-8-23(21,22)9-7-18)17-14(19)10-12-4-2-3-5-13(12)16/h2-5,11H,6-10H2,1H3,(H,17,19). The molecule has 1 saturated heterocycles. The van der Waals surface area contributed by atoms with Gasteiger partial charge in [0.1, 0.15) is 11.9 Å². The maximum absolute atomic E-state index is 13.5. The summed E-state index contributed by atoms with van der Waals surface area (Å²) in [7, 11) is -3.07. The molecule has 23 heavy (non-hydrogen) atoms.